The molecule has 2 aromatic heterocycles. The lowest BCUT2D eigenvalue weighted by atomic mass is 10.0. The molecule has 1 fully saturated rings. The molecular weight excluding hydrogens is 348 g/mol. The first-order valence-electron chi connectivity index (χ1n) is 10.3. The van der Waals surface area contributed by atoms with E-state index in [0.29, 0.717) is 12.4 Å². The predicted octanol–water partition coefficient (Wildman–Crippen LogP) is 4.05. The minimum atomic E-state index is 0.668. The van der Waals surface area contributed by atoms with E-state index < -0.39 is 0 Å². The van der Waals surface area contributed by atoms with Gasteiger partial charge in [-0.05, 0) is 68.7 Å². The van der Waals surface area contributed by atoms with Gasteiger partial charge in [0, 0.05) is 47.5 Å². The Balaban J connectivity index is 1.76. The third kappa shape index (κ3) is 3.91. The van der Waals surface area contributed by atoms with Crippen LogP contribution in [0.3, 0.4) is 0 Å². The smallest absolute Gasteiger partial charge is 0.221 e. The number of rotatable bonds is 7. The fraction of sp³-hybridized carbons (Fsp3) is 0.435. The Morgan fingerprint density at radius 3 is 2.75 bits per heavy atom. The lowest BCUT2D eigenvalue weighted by molar-refractivity contribution is 0.221. The minimum Gasteiger partial charge on any atom is -0.481 e. The van der Waals surface area contributed by atoms with Crippen LogP contribution in [0.15, 0.2) is 42.7 Å². The number of aromatic nitrogens is 2. The number of pyridine rings is 1. The number of aryl methyl sites for hydroxylation is 1. The summed E-state index contributed by atoms with van der Waals surface area (Å²) < 4.78 is 7.86. The molecule has 4 rings (SSSR count). The number of ether oxygens (including phenoxy) is 1. The number of benzene rings is 1. The molecule has 0 spiro atoms. The Morgan fingerprint density at radius 2 is 1.96 bits per heavy atom. The van der Waals surface area contributed by atoms with E-state index in [4.69, 9.17) is 10.5 Å². The Kier molecular flexibility index (Phi) is 5.93. The lowest BCUT2D eigenvalue weighted by Crippen LogP contribution is -2.29. The fourth-order valence-corrected chi connectivity index (χ4v) is 4.24. The Hall–Kier alpha value is -2.37. The average molecular weight is 379 g/mol. The van der Waals surface area contributed by atoms with Crippen LogP contribution in [0.5, 0.6) is 5.88 Å². The summed E-state index contributed by atoms with van der Waals surface area (Å²) in [5.74, 6) is 0.668. The quantitative estimate of drug-likeness (QED) is 0.674. The van der Waals surface area contributed by atoms with Crippen molar-refractivity contribution in [3.63, 3.8) is 0 Å². The summed E-state index contributed by atoms with van der Waals surface area (Å²) in [5.41, 5.74) is 10.6. The molecule has 0 bridgehead atoms. The van der Waals surface area contributed by atoms with Crippen molar-refractivity contribution < 1.29 is 4.74 Å². The molecule has 5 nitrogen and oxygen atoms in total. The second-order valence-corrected chi connectivity index (χ2v) is 7.63. The average Bonchev–Trinajstić information content (AvgIpc) is 3.10. The van der Waals surface area contributed by atoms with Crippen LogP contribution in [0, 0.1) is 0 Å². The van der Waals surface area contributed by atoms with E-state index in [1.807, 2.05) is 6.07 Å². The van der Waals surface area contributed by atoms with Gasteiger partial charge in [0.1, 0.15) is 0 Å². The van der Waals surface area contributed by atoms with Crippen molar-refractivity contribution in [1.82, 2.24) is 14.5 Å². The van der Waals surface area contributed by atoms with Crippen LogP contribution < -0.4 is 10.5 Å². The second-order valence-electron chi connectivity index (χ2n) is 7.63. The number of piperidine rings is 1. The molecule has 148 valence electrons. The monoisotopic (exact) mass is 378 g/mol. The van der Waals surface area contributed by atoms with E-state index in [2.05, 4.69) is 44.9 Å². The van der Waals surface area contributed by atoms with E-state index in [9.17, 15) is 0 Å². The van der Waals surface area contributed by atoms with Crippen LogP contribution in [0.2, 0.25) is 0 Å². The van der Waals surface area contributed by atoms with Gasteiger partial charge in [-0.25, -0.2) is 4.98 Å². The van der Waals surface area contributed by atoms with Crippen molar-refractivity contribution in [3.8, 4) is 17.0 Å². The first-order chi connectivity index (χ1) is 13.8. The van der Waals surface area contributed by atoms with Gasteiger partial charge >= 0.3 is 0 Å². The predicted molar refractivity (Wildman–Crippen MR) is 115 cm³/mol. The molecule has 2 N–H and O–H groups in total. The summed E-state index contributed by atoms with van der Waals surface area (Å²) in [6.07, 6.45) is 8.96. The molecule has 5 heteroatoms. The highest BCUT2D eigenvalue weighted by molar-refractivity contribution is 5.97. The summed E-state index contributed by atoms with van der Waals surface area (Å²) in [7, 11) is 1.68. The molecular formula is C23H30N4O. The van der Waals surface area contributed by atoms with Gasteiger partial charge in [0.2, 0.25) is 5.88 Å². The van der Waals surface area contributed by atoms with Gasteiger partial charge in [0.25, 0.3) is 0 Å². The summed E-state index contributed by atoms with van der Waals surface area (Å²) in [6, 6.07) is 11.0. The summed E-state index contributed by atoms with van der Waals surface area (Å²) in [5, 5.41) is 1.26. The van der Waals surface area contributed by atoms with Crippen molar-refractivity contribution in [3.05, 3.63) is 48.3 Å². The zero-order valence-electron chi connectivity index (χ0n) is 16.7. The number of methoxy groups -OCH3 is 1. The van der Waals surface area contributed by atoms with Crippen molar-refractivity contribution in [2.24, 2.45) is 5.73 Å². The first kappa shape index (κ1) is 19.0. The first-order valence-corrected chi connectivity index (χ1v) is 10.3. The molecule has 3 aromatic rings. The van der Waals surface area contributed by atoms with Crippen molar-refractivity contribution in [2.45, 2.75) is 38.8 Å². The van der Waals surface area contributed by atoms with Crippen LogP contribution >= 0.6 is 0 Å². The molecule has 1 aromatic carbocycles. The van der Waals surface area contributed by atoms with Gasteiger partial charge in [-0.1, -0.05) is 12.5 Å². The standard InChI is InChI=1S/C23H30N4O/c1-28-23-19(7-5-11-25-23)21-17-27(14-6-10-24)22-9-8-18(15-20(21)22)16-26-12-3-2-4-13-26/h5,7-9,11,15,17H,2-4,6,10,12-14,16,24H2,1H3. The molecule has 1 saturated heterocycles. The van der Waals surface area contributed by atoms with Crippen molar-refractivity contribution >= 4 is 10.9 Å². The highest BCUT2D eigenvalue weighted by Crippen LogP contribution is 2.36. The van der Waals surface area contributed by atoms with Crippen LogP contribution in [-0.2, 0) is 13.1 Å². The minimum absolute atomic E-state index is 0.668. The van der Waals surface area contributed by atoms with Gasteiger partial charge in [-0.2, -0.15) is 0 Å². The third-order valence-corrected chi connectivity index (χ3v) is 5.66. The van der Waals surface area contributed by atoms with Crippen LogP contribution in [0.25, 0.3) is 22.0 Å². The second kappa shape index (κ2) is 8.76. The number of hydrogen-bond donors (Lipinski definition) is 1. The molecule has 0 aliphatic carbocycles. The SMILES string of the molecule is COc1ncccc1-c1cn(CCCN)c2ccc(CN3CCCCC3)cc12. The Morgan fingerprint density at radius 1 is 1.11 bits per heavy atom. The molecule has 0 saturated carbocycles. The molecule has 3 heterocycles. The summed E-state index contributed by atoms with van der Waals surface area (Å²) >= 11 is 0. The maximum atomic E-state index is 5.76. The van der Waals surface area contributed by atoms with E-state index in [1.54, 1.807) is 13.3 Å². The van der Waals surface area contributed by atoms with E-state index in [-0.39, 0.29) is 0 Å². The number of nitrogens with two attached hydrogens (primary N) is 1. The molecule has 1 aliphatic rings. The normalized spacial score (nSPS) is 15.2. The van der Waals surface area contributed by atoms with E-state index in [1.165, 1.54) is 54.4 Å². The molecule has 0 unspecified atom stereocenters. The van der Waals surface area contributed by atoms with Gasteiger partial charge < -0.3 is 15.0 Å². The number of nitrogens with zero attached hydrogens (tertiary/aromatic N) is 3. The molecule has 0 radical (unpaired) electrons. The van der Waals surface area contributed by atoms with E-state index >= 15 is 0 Å². The Labute approximate surface area is 167 Å². The zero-order chi connectivity index (χ0) is 19.3. The number of fused-ring (bicyclic) bond motifs is 1. The zero-order valence-corrected chi connectivity index (χ0v) is 16.7. The van der Waals surface area contributed by atoms with Crippen LogP contribution in [0.4, 0.5) is 0 Å². The van der Waals surface area contributed by atoms with Gasteiger partial charge in [0.05, 0.1) is 7.11 Å². The summed E-state index contributed by atoms with van der Waals surface area (Å²) in [6.45, 7) is 5.05. The van der Waals surface area contributed by atoms with Crippen molar-refractivity contribution in [2.75, 3.05) is 26.7 Å². The fourth-order valence-electron chi connectivity index (χ4n) is 4.24. The highest BCUT2D eigenvalue weighted by Gasteiger charge is 2.16. The maximum absolute atomic E-state index is 5.76. The number of hydrogen-bond acceptors (Lipinski definition) is 4. The van der Waals surface area contributed by atoms with Crippen LogP contribution in [-0.4, -0.2) is 41.2 Å². The third-order valence-electron chi connectivity index (χ3n) is 5.66. The molecule has 28 heavy (non-hydrogen) atoms. The van der Waals surface area contributed by atoms with Gasteiger partial charge in [0.15, 0.2) is 0 Å². The van der Waals surface area contributed by atoms with Crippen LogP contribution in [0.1, 0.15) is 31.2 Å². The van der Waals surface area contributed by atoms with Gasteiger partial charge in [-0.3, -0.25) is 4.90 Å². The molecule has 1 aliphatic heterocycles. The number of likely N-dealkylation sites (tertiary alicyclic amines) is 1. The highest BCUT2D eigenvalue weighted by atomic mass is 16.5. The lowest BCUT2D eigenvalue weighted by Gasteiger charge is -2.26. The van der Waals surface area contributed by atoms with Crippen molar-refractivity contribution in [1.29, 1.82) is 0 Å². The molecule has 0 atom stereocenters. The Bertz CT molecular complexity index is 927. The van der Waals surface area contributed by atoms with E-state index in [0.717, 1.165) is 25.1 Å². The summed E-state index contributed by atoms with van der Waals surface area (Å²) in [4.78, 5) is 6.98. The molecule has 0 amide bonds. The maximum Gasteiger partial charge on any atom is 0.221 e. The van der Waals surface area contributed by atoms with Gasteiger partial charge in [-0.15, -0.1) is 0 Å². The topological polar surface area (TPSA) is 56.3 Å². The largest absolute Gasteiger partial charge is 0.481 e.